The van der Waals surface area contributed by atoms with Gasteiger partial charge in [-0.15, -0.1) is 11.3 Å². The van der Waals surface area contributed by atoms with Crippen molar-refractivity contribution in [2.75, 3.05) is 0 Å². The van der Waals surface area contributed by atoms with Crippen LogP contribution in [0.2, 0.25) is 0 Å². The van der Waals surface area contributed by atoms with Gasteiger partial charge in [0, 0.05) is 0 Å². The number of hydrogen-bond acceptors (Lipinski definition) is 4. The molecule has 0 bridgehead atoms. The number of amides is 1. The highest BCUT2D eigenvalue weighted by molar-refractivity contribution is 14.1. The number of aromatic hydroxyl groups is 1. The lowest BCUT2D eigenvalue weighted by atomic mass is 10.2. The molecule has 1 heterocycles. The molecule has 19 heavy (non-hydrogen) atoms. The molecule has 1 aromatic carbocycles. The van der Waals surface area contributed by atoms with E-state index >= 15 is 0 Å². The minimum Gasteiger partial charge on any atom is -0.506 e. The fraction of sp³-hybridized carbons (Fsp3) is 0. The number of phenolic OH excluding ortho intramolecular Hbond substituents is 1. The maximum absolute atomic E-state index is 11.6. The van der Waals surface area contributed by atoms with Crippen molar-refractivity contribution in [3.05, 3.63) is 47.2 Å². The number of thiophene rings is 1. The van der Waals surface area contributed by atoms with Crippen LogP contribution in [0.15, 0.2) is 34.7 Å². The SMILES string of the molecule is O=C(N/N=C\c1cc(I)c(O)c(I)c1)c1cccs1. The largest absolute Gasteiger partial charge is 0.506 e. The number of hydrazone groups is 1. The number of carbonyl (C=O) groups is 1. The van der Waals surface area contributed by atoms with E-state index in [4.69, 9.17) is 0 Å². The maximum atomic E-state index is 11.6. The molecule has 2 rings (SSSR count). The van der Waals surface area contributed by atoms with E-state index in [-0.39, 0.29) is 11.7 Å². The Morgan fingerprint density at radius 3 is 2.63 bits per heavy atom. The summed E-state index contributed by atoms with van der Waals surface area (Å²) in [7, 11) is 0. The minimum absolute atomic E-state index is 0.227. The molecule has 0 saturated carbocycles. The zero-order valence-electron chi connectivity index (χ0n) is 9.43. The van der Waals surface area contributed by atoms with Gasteiger partial charge in [-0.05, 0) is 74.3 Å². The van der Waals surface area contributed by atoms with E-state index in [1.807, 2.05) is 56.6 Å². The summed E-state index contributed by atoms with van der Waals surface area (Å²) in [6, 6.07) is 7.13. The van der Waals surface area contributed by atoms with Crippen molar-refractivity contribution in [1.29, 1.82) is 0 Å². The van der Waals surface area contributed by atoms with Crippen molar-refractivity contribution in [3.63, 3.8) is 0 Å². The van der Waals surface area contributed by atoms with E-state index in [9.17, 15) is 9.90 Å². The molecule has 0 aliphatic carbocycles. The van der Waals surface area contributed by atoms with E-state index < -0.39 is 0 Å². The summed E-state index contributed by atoms with van der Waals surface area (Å²) in [5, 5.41) is 15.4. The topological polar surface area (TPSA) is 61.7 Å². The second-order valence-electron chi connectivity index (χ2n) is 3.51. The Hall–Kier alpha value is -0.680. The minimum atomic E-state index is -0.227. The molecule has 4 nitrogen and oxygen atoms in total. The van der Waals surface area contributed by atoms with Crippen molar-refractivity contribution in [2.45, 2.75) is 0 Å². The first kappa shape index (κ1) is 14.7. The predicted octanol–water partition coefficient (Wildman–Crippen LogP) is 3.43. The summed E-state index contributed by atoms with van der Waals surface area (Å²) < 4.78 is 1.49. The standard InChI is InChI=1S/C12H8I2N2O2S/c13-8-4-7(5-9(14)11(8)17)6-15-16-12(18)10-2-1-3-19-10/h1-6,17H,(H,16,18)/b15-6-. The zero-order valence-corrected chi connectivity index (χ0v) is 14.6. The van der Waals surface area contributed by atoms with Crippen molar-refractivity contribution in [2.24, 2.45) is 5.10 Å². The van der Waals surface area contributed by atoms with Crippen LogP contribution < -0.4 is 5.43 Å². The second kappa shape index (κ2) is 6.66. The molecule has 0 spiro atoms. The number of halogens is 2. The highest BCUT2D eigenvalue weighted by atomic mass is 127. The lowest BCUT2D eigenvalue weighted by molar-refractivity contribution is 0.0959. The average Bonchev–Trinajstić information content (AvgIpc) is 2.89. The molecule has 0 fully saturated rings. The van der Waals surface area contributed by atoms with Crippen molar-refractivity contribution < 1.29 is 9.90 Å². The molecule has 2 N–H and O–H groups in total. The van der Waals surface area contributed by atoms with Gasteiger partial charge >= 0.3 is 0 Å². The maximum Gasteiger partial charge on any atom is 0.281 e. The van der Waals surface area contributed by atoms with Crippen LogP contribution in [0.25, 0.3) is 0 Å². The summed E-state index contributed by atoms with van der Waals surface area (Å²) >= 11 is 5.46. The zero-order chi connectivity index (χ0) is 13.8. The van der Waals surface area contributed by atoms with Gasteiger partial charge in [-0.3, -0.25) is 4.79 Å². The summed E-state index contributed by atoms with van der Waals surface area (Å²) in [5.41, 5.74) is 3.28. The number of benzene rings is 1. The van der Waals surface area contributed by atoms with Crippen molar-refractivity contribution >= 4 is 68.6 Å². The summed E-state index contributed by atoms with van der Waals surface area (Å²) in [5.74, 6) is 0.0374. The Morgan fingerprint density at radius 1 is 1.37 bits per heavy atom. The van der Waals surface area contributed by atoms with Crippen molar-refractivity contribution in [1.82, 2.24) is 5.43 Å². The molecule has 0 unspecified atom stereocenters. The van der Waals surface area contributed by atoms with Gasteiger partial charge in [-0.25, -0.2) is 5.43 Å². The fourth-order valence-corrected chi connectivity index (χ4v) is 3.72. The van der Waals surface area contributed by atoms with Gasteiger partial charge in [0.15, 0.2) is 0 Å². The Kier molecular flexibility index (Phi) is 5.16. The second-order valence-corrected chi connectivity index (χ2v) is 6.78. The van der Waals surface area contributed by atoms with Crippen molar-refractivity contribution in [3.8, 4) is 5.75 Å². The molecular weight excluding hydrogens is 490 g/mol. The van der Waals surface area contributed by atoms with Crippen LogP contribution >= 0.6 is 56.5 Å². The van der Waals surface area contributed by atoms with Crippen LogP contribution in [0.3, 0.4) is 0 Å². The predicted molar refractivity (Wildman–Crippen MR) is 92.9 cm³/mol. The van der Waals surface area contributed by atoms with Gasteiger partial charge < -0.3 is 5.11 Å². The van der Waals surface area contributed by atoms with Crippen LogP contribution in [-0.2, 0) is 0 Å². The lowest BCUT2D eigenvalue weighted by Crippen LogP contribution is -2.16. The van der Waals surface area contributed by atoms with E-state index in [2.05, 4.69) is 10.5 Å². The molecule has 1 aromatic heterocycles. The van der Waals surface area contributed by atoms with Gasteiger partial charge in [0.1, 0.15) is 5.75 Å². The first-order chi connectivity index (χ1) is 9.08. The van der Waals surface area contributed by atoms with E-state index in [1.165, 1.54) is 11.3 Å². The summed E-state index contributed by atoms with van der Waals surface area (Å²) in [6.07, 6.45) is 1.55. The number of phenols is 1. The third-order valence-corrected chi connectivity index (χ3v) is 4.68. The van der Waals surface area contributed by atoms with Crippen LogP contribution in [0, 0.1) is 7.14 Å². The van der Waals surface area contributed by atoms with Crippen LogP contribution in [0.5, 0.6) is 5.75 Å². The number of carbonyl (C=O) groups excluding carboxylic acids is 1. The van der Waals surface area contributed by atoms with Crippen LogP contribution in [0.4, 0.5) is 0 Å². The molecular formula is C12H8I2N2O2S. The molecule has 98 valence electrons. The Bertz CT molecular complexity index is 604. The number of nitrogens with one attached hydrogen (secondary N) is 1. The Morgan fingerprint density at radius 2 is 2.05 bits per heavy atom. The first-order valence-electron chi connectivity index (χ1n) is 5.13. The molecule has 1 amide bonds. The highest BCUT2D eigenvalue weighted by Gasteiger charge is 2.05. The monoisotopic (exact) mass is 498 g/mol. The quantitative estimate of drug-likeness (QED) is 0.388. The van der Waals surface area contributed by atoms with Gasteiger partial charge in [0.25, 0.3) is 5.91 Å². The molecule has 2 aromatic rings. The van der Waals surface area contributed by atoms with Gasteiger partial charge in [-0.2, -0.15) is 5.10 Å². The molecule has 0 saturated heterocycles. The third kappa shape index (κ3) is 3.89. The Balaban J connectivity index is 2.05. The average molecular weight is 498 g/mol. The van der Waals surface area contributed by atoms with Gasteiger partial charge in [-0.1, -0.05) is 6.07 Å². The number of nitrogens with zero attached hydrogens (tertiary/aromatic N) is 1. The fourth-order valence-electron chi connectivity index (χ4n) is 1.29. The van der Waals surface area contributed by atoms with E-state index in [0.29, 0.717) is 4.88 Å². The van der Waals surface area contributed by atoms with Gasteiger partial charge in [0.05, 0.1) is 18.2 Å². The highest BCUT2D eigenvalue weighted by Crippen LogP contribution is 2.26. The van der Waals surface area contributed by atoms with Gasteiger partial charge in [0.2, 0.25) is 0 Å². The van der Waals surface area contributed by atoms with Crippen LogP contribution in [0.1, 0.15) is 15.2 Å². The summed E-state index contributed by atoms with van der Waals surface area (Å²) in [6.45, 7) is 0. The van der Waals surface area contributed by atoms with E-state index in [0.717, 1.165) is 12.7 Å². The van der Waals surface area contributed by atoms with Crippen LogP contribution in [-0.4, -0.2) is 17.2 Å². The summed E-state index contributed by atoms with van der Waals surface area (Å²) in [4.78, 5) is 12.2. The Labute approximate surface area is 141 Å². The third-order valence-electron chi connectivity index (χ3n) is 2.16. The normalized spacial score (nSPS) is 10.8. The molecule has 0 radical (unpaired) electrons. The molecule has 7 heteroatoms. The smallest absolute Gasteiger partial charge is 0.281 e. The number of rotatable bonds is 3. The molecule has 0 aliphatic rings. The first-order valence-corrected chi connectivity index (χ1v) is 8.16. The lowest BCUT2D eigenvalue weighted by Gasteiger charge is -2.02. The van der Waals surface area contributed by atoms with E-state index in [1.54, 1.807) is 24.4 Å². The number of hydrogen-bond donors (Lipinski definition) is 2. The molecule has 0 atom stereocenters. The molecule has 0 aliphatic heterocycles.